The number of phenols is 1. The first-order valence-corrected chi connectivity index (χ1v) is 8.02. The van der Waals surface area contributed by atoms with Gasteiger partial charge >= 0.3 is 11.6 Å². The first-order valence-electron chi connectivity index (χ1n) is 8.02. The molecule has 0 saturated heterocycles. The smallest absolute Gasteiger partial charge is 0.336 e. The predicted octanol–water partition coefficient (Wildman–Crippen LogP) is 3.10. The first kappa shape index (κ1) is 17.5. The average Bonchev–Trinajstić information content (AvgIpc) is 2.64. The number of hydrogen-bond acceptors (Lipinski definition) is 6. The maximum Gasteiger partial charge on any atom is 0.336 e. The van der Waals surface area contributed by atoms with Crippen LogP contribution < -0.4 is 10.4 Å². The van der Waals surface area contributed by atoms with E-state index in [0.717, 1.165) is 5.56 Å². The van der Waals surface area contributed by atoms with Gasteiger partial charge in [-0.05, 0) is 36.8 Å². The van der Waals surface area contributed by atoms with Gasteiger partial charge in [0, 0.05) is 22.6 Å². The minimum absolute atomic E-state index is 0.0364. The predicted molar refractivity (Wildman–Crippen MR) is 95.4 cm³/mol. The Bertz CT molecular complexity index is 1000. The molecular weight excluding hydrogens is 336 g/mol. The van der Waals surface area contributed by atoms with Crippen LogP contribution in [-0.4, -0.2) is 18.2 Å². The summed E-state index contributed by atoms with van der Waals surface area (Å²) in [5.74, 6) is 0.338. The van der Waals surface area contributed by atoms with Crippen molar-refractivity contribution in [2.45, 2.75) is 20.0 Å². The highest BCUT2D eigenvalue weighted by Gasteiger charge is 2.13. The Hall–Kier alpha value is -3.28. The monoisotopic (exact) mass is 354 g/mol. The quantitative estimate of drug-likeness (QED) is 0.560. The minimum atomic E-state index is -0.563. The van der Waals surface area contributed by atoms with Crippen molar-refractivity contribution < 1.29 is 23.8 Å². The number of carbonyl (C=O) groups excluding carboxylic acids is 1. The molecule has 1 N–H and O–H groups in total. The van der Waals surface area contributed by atoms with Crippen LogP contribution in [0.25, 0.3) is 11.0 Å². The second-order valence-corrected chi connectivity index (χ2v) is 5.86. The molecule has 0 amide bonds. The minimum Gasteiger partial charge on any atom is -0.508 e. The fourth-order valence-electron chi connectivity index (χ4n) is 2.65. The summed E-state index contributed by atoms with van der Waals surface area (Å²) in [6.07, 6.45) is 0.114. The van der Waals surface area contributed by atoms with E-state index in [0.29, 0.717) is 27.8 Å². The van der Waals surface area contributed by atoms with E-state index in [-0.39, 0.29) is 18.8 Å². The molecule has 0 spiro atoms. The number of carbonyl (C=O) groups is 1. The molecule has 6 nitrogen and oxygen atoms in total. The number of rotatable bonds is 5. The third-order valence-electron chi connectivity index (χ3n) is 4.11. The van der Waals surface area contributed by atoms with Gasteiger partial charge in [0.25, 0.3) is 0 Å². The topological polar surface area (TPSA) is 86.0 Å². The molecule has 134 valence electrons. The molecule has 2 aromatic carbocycles. The van der Waals surface area contributed by atoms with Gasteiger partial charge in [-0.1, -0.05) is 12.1 Å². The molecule has 6 heteroatoms. The van der Waals surface area contributed by atoms with Gasteiger partial charge in [0.15, 0.2) is 0 Å². The van der Waals surface area contributed by atoms with Crippen molar-refractivity contribution in [1.82, 2.24) is 0 Å². The van der Waals surface area contributed by atoms with Gasteiger partial charge in [-0.25, -0.2) is 4.79 Å². The highest BCUT2D eigenvalue weighted by molar-refractivity contribution is 5.85. The van der Waals surface area contributed by atoms with Crippen molar-refractivity contribution in [3.8, 4) is 11.5 Å². The van der Waals surface area contributed by atoms with E-state index in [1.807, 2.05) is 0 Å². The molecule has 0 fully saturated rings. The number of phenolic OH excluding ortho intramolecular Hbond substituents is 1. The van der Waals surface area contributed by atoms with Gasteiger partial charge in [0.2, 0.25) is 0 Å². The molecule has 1 heterocycles. The number of ether oxygens (including phenoxy) is 2. The second kappa shape index (κ2) is 7.31. The number of benzene rings is 2. The molecule has 0 atom stereocenters. The molecule has 0 saturated carbocycles. The molecule has 1 aromatic heterocycles. The van der Waals surface area contributed by atoms with E-state index in [1.54, 1.807) is 44.4 Å². The molecule has 0 bridgehead atoms. The standard InChI is InChI=1S/C20H18O6/c1-12-17(21)8-7-16-14(10-19(23)26-20(12)16)11-25-18(22)9-13-3-5-15(24-2)6-4-13/h3-8,10,21H,9,11H2,1-2H3. The van der Waals surface area contributed by atoms with Crippen LogP contribution >= 0.6 is 0 Å². The third-order valence-corrected chi connectivity index (χ3v) is 4.11. The average molecular weight is 354 g/mol. The zero-order valence-electron chi connectivity index (χ0n) is 14.4. The Morgan fingerprint density at radius 1 is 1.15 bits per heavy atom. The maximum absolute atomic E-state index is 12.1. The van der Waals surface area contributed by atoms with E-state index >= 15 is 0 Å². The molecule has 0 radical (unpaired) electrons. The number of esters is 1. The number of aromatic hydroxyl groups is 1. The van der Waals surface area contributed by atoms with Crippen LogP contribution in [0.3, 0.4) is 0 Å². The summed E-state index contributed by atoms with van der Waals surface area (Å²) >= 11 is 0. The lowest BCUT2D eigenvalue weighted by Gasteiger charge is -2.09. The van der Waals surface area contributed by atoms with E-state index < -0.39 is 11.6 Å². The van der Waals surface area contributed by atoms with Gasteiger partial charge in [-0.2, -0.15) is 0 Å². The second-order valence-electron chi connectivity index (χ2n) is 5.86. The molecular formula is C20H18O6. The van der Waals surface area contributed by atoms with Crippen molar-refractivity contribution in [3.05, 3.63) is 69.6 Å². The van der Waals surface area contributed by atoms with Crippen molar-refractivity contribution in [2.75, 3.05) is 7.11 Å². The Balaban J connectivity index is 1.75. The molecule has 26 heavy (non-hydrogen) atoms. The van der Waals surface area contributed by atoms with Crippen molar-refractivity contribution in [3.63, 3.8) is 0 Å². The van der Waals surface area contributed by atoms with Crippen molar-refractivity contribution in [2.24, 2.45) is 0 Å². The molecule has 0 aliphatic heterocycles. The number of fused-ring (bicyclic) bond motifs is 1. The van der Waals surface area contributed by atoms with Crippen molar-refractivity contribution in [1.29, 1.82) is 0 Å². The Morgan fingerprint density at radius 3 is 2.58 bits per heavy atom. The van der Waals surface area contributed by atoms with Crippen LogP contribution in [0.1, 0.15) is 16.7 Å². The number of aryl methyl sites for hydroxylation is 1. The first-order chi connectivity index (χ1) is 12.5. The largest absolute Gasteiger partial charge is 0.508 e. The molecule has 3 aromatic rings. The number of hydrogen-bond donors (Lipinski definition) is 1. The Kier molecular flexibility index (Phi) is 4.93. The van der Waals surface area contributed by atoms with Crippen LogP contribution in [-0.2, 0) is 22.6 Å². The summed E-state index contributed by atoms with van der Waals surface area (Å²) in [5.41, 5.74) is 1.52. The summed E-state index contributed by atoms with van der Waals surface area (Å²) in [6, 6.07) is 11.6. The normalized spacial score (nSPS) is 10.7. The van der Waals surface area contributed by atoms with Gasteiger partial charge in [0.05, 0.1) is 13.5 Å². The number of methoxy groups -OCH3 is 1. The van der Waals surface area contributed by atoms with Gasteiger partial charge in [-0.15, -0.1) is 0 Å². The fraction of sp³-hybridized carbons (Fsp3) is 0.200. The van der Waals surface area contributed by atoms with Gasteiger partial charge < -0.3 is 19.0 Å². The molecule has 0 aliphatic rings. The SMILES string of the molecule is COc1ccc(CC(=O)OCc2cc(=O)oc3c(C)c(O)ccc23)cc1. The summed E-state index contributed by atoms with van der Waals surface area (Å²) in [4.78, 5) is 23.9. The van der Waals surface area contributed by atoms with E-state index in [9.17, 15) is 14.7 Å². The zero-order valence-corrected chi connectivity index (χ0v) is 14.4. The highest BCUT2D eigenvalue weighted by atomic mass is 16.5. The highest BCUT2D eigenvalue weighted by Crippen LogP contribution is 2.27. The van der Waals surface area contributed by atoms with Crippen LogP contribution in [0.15, 0.2) is 51.7 Å². The fourth-order valence-corrected chi connectivity index (χ4v) is 2.65. The van der Waals surface area contributed by atoms with Crippen LogP contribution in [0.2, 0.25) is 0 Å². The Morgan fingerprint density at radius 2 is 1.88 bits per heavy atom. The van der Waals surface area contributed by atoms with E-state index in [2.05, 4.69) is 0 Å². The lowest BCUT2D eigenvalue weighted by atomic mass is 10.1. The lowest BCUT2D eigenvalue weighted by molar-refractivity contribution is -0.144. The van der Waals surface area contributed by atoms with Crippen LogP contribution in [0.4, 0.5) is 0 Å². The Labute approximate surface area is 149 Å². The summed E-state index contributed by atoms with van der Waals surface area (Å²) in [5, 5.41) is 10.4. The maximum atomic E-state index is 12.1. The van der Waals surface area contributed by atoms with Crippen LogP contribution in [0, 0.1) is 6.92 Å². The zero-order chi connectivity index (χ0) is 18.7. The van der Waals surface area contributed by atoms with Crippen LogP contribution in [0.5, 0.6) is 11.5 Å². The van der Waals surface area contributed by atoms with E-state index in [1.165, 1.54) is 12.1 Å². The molecule has 3 rings (SSSR count). The molecule has 0 aliphatic carbocycles. The summed E-state index contributed by atoms with van der Waals surface area (Å²) in [6.45, 7) is 1.60. The van der Waals surface area contributed by atoms with Gasteiger partial charge in [0.1, 0.15) is 23.7 Å². The van der Waals surface area contributed by atoms with E-state index in [4.69, 9.17) is 13.9 Å². The molecule has 0 unspecified atom stereocenters. The van der Waals surface area contributed by atoms with Gasteiger partial charge in [-0.3, -0.25) is 4.79 Å². The third kappa shape index (κ3) is 3.69. The summed E-state index contributed by atoms with van der Waals surface area (Å²) in [7, 11) is 1.57. The summed E-state index contributed by atoms with van der Waals surface area (Å²) < 4.78 is 15.6. The lowest BCUT2D eigenvalue weighted by Crippen LogP contribution is -2.10. The van der Waals surface area contributed by atoms with Crippen molar-refractivity contribution >= 4 is 16.9 Å².